The van der Waals surface area contributed by atoms with E-state index in [4.69, 9.17) is 5.26 Å². The van der Waals surface area contributed by atoms with Crippen LogP contribution in [0.15, 0.2) is 18.2 Å². The molecule has 0 aliphatic carbocycles. The van der Waals surface area contributed by atoms with E-state index in [1.54, 1.807) is 0 Å². The van der Waals surface area contributed by atoms with Crippen LogP contribution in [0.25, 0.3) is 0 Å². The summed E-state index contributed by atoms with van der Waals surface area (Å²) >= 11 is 1.35. The summed E-state index contributed by atoms with van der Waals surface area (Å²) < 4.78 is 0. The number of hydrogen-bond acceptors (Lipinski definition) is 2. The summed E-state index contributed by atoms with van der Waals surface area (Å²) in [6, 6.07) is 6.59. The van der Waals surface area contributed by atoms with Crippen LogP contribution in [0.2, 0.25) is 0 Å². The van der Waals surface area contributed by atoms with E-state index in [2.05, 4.69) is 44.4 Å². The predicted molar refractivity (Wildman–Crippen MR) is 66.9 cm³/mol. The van der Waals surface area contributed by atoms with Gasteiger partial charge in [-0.15, -0.1) is 0 Å². The molecule has 0 aliphatic heterocycles. The minimum absolute atomic E-state index is 0.566. The Balaban J connectivity index is 2.61. The highest BCUT2D eigenvalue weighted by atomic mass is 32.2. The Morgan fingerprint density at radius 2 is 2.13 bits per heavy atom. The van der Waals surface area contributed by atoms with Crippen molar-refractivity contribution in [3.05, 3.63) is 34.9 Å². The van der Waals surface area contributed by atoms with Gasteiger partial charge in [0.1, 0.15) is 5.40 Å². The van der Waals surface area contributed by atoms with Crippen molar-refractivity contribution >= 4 is 11.8 Å². The highest BCUT2D eigenvalue weighted by Crippen LogP contribution is 2.17. The largest absolute Gasteiger partial charge is 0.185 e. The van der Waals surface area contributed by atoms with Gasteiger partial charge in [-0.05, 0) is 49.1 Å². The maximum atomic E-state index is 8.49. The van der Waals surface area contributed by atoms with Gasteiger partial charge < -0.3 is 0 Å². The molecule has 1 nitrogen and oxygen atoms in total. The molecule has 0 bridgehead atoms. The number of nitrogens with zero attached hydrogens (tertiary/aromatic N) is 1. The quantitative estimate of drug-likeness (QED) is 0.721. The third-order valence-corrected chi connectivity index (χ3v) is 3.36. The zero-order valence-corrected chi connectivity index (χ0v) is 10.4. The third-order valence-electron chi connectivity index (χ3n) is 2.50. The fourth-order valence-corrected chi connectivity index (χ4v) is 2.17. The second-order valence-corrected chi connectivity index (χ2v) is 4.95. The number of thiocyanates is 1. The standard InChI is InChI=1S/C13H17NS/c1-10-4-5-13(12(3)6-10)7-11(2)8-15-9-14/h4-6,11H,7-8H2,1-3H3. The molecule has 0 saturated carbocycles. The number of rotatable bonds is 4. The van der Waals surface area contributed by atoms with Crippen LogP contribution in [-0.2, 0) is 6.42 Å². The molecule has 80 valence electrons. The van der Waals surface area contributed by atoms with Crippen molar-refractivity contribution in [1.29, 1.82) is 5.26 Å². The molecular formula is C13H17NS. The van der Waals surface area contributed by atoms with Gasteiger partial charge in [0.05, 0.1) is 0 Å². The van der Waals surface area contributed by atoms with E-state index >= 15 is 0 Å². The Bertz CT molecular complexity index is 365. The van der Waals surface area contributed by atoms with Crippen LogP contribution in [0.5, 0.6) is 0 Å². The van der Waals surface area contributed by atoms with E-state index in [0.717, 1.165) is 12.2 Å². The predicted octanol–water partition coefficient (Wildman–Crippen LogP) is 3.70. The van der Waals surface area contributed by atoms with Crippen LogP contribution in [0.4, 0.5) is 0 Å². The van der Waals surface area contributed by atoms with Crippen LogP contribution in [0.3, 0.4) is 0 Å². The number of thioether (sulfide) groups is 1. The lowest BCUT2D eigenvalue weighted by Crippen LogP contribution is -2.04. The molecule has 1 aromatic rings. The summed E-state index contributed by atoms with van der Waals surface area (Å²) in [5.41, 5.74) is 4.09. The first-order chi connectivity index (χ1) is 7.13. The van der Waals surface area contributed by atoms with Crippen LogP contribution < -0.4 is 0 Å². The Labute approximate surface area is 96.5 Å². The number of aryl methyl sites for hydroxylation is 2. The molecule has 1 rings (SSSR count). The molecule has 0 radical (unpaired) electrons. The molecule has 0 heterocycles. The summed E-state index contributed by atoms with van der Waals surface area (Å²) in [6.07, 6.45) is 1.07. The van der Waals surface area contributed by atoms with E-state index in [0.29, 0.717) is 5.92 Å². The SMILES string of the molecule is Cc1ccc(CC(C)CSC#N)c(C)c1. The molecule has 0 fully saturated rings. The number of hydrogen-bond donors (Lipinski definition) is 0. The van der Waals surface area contributed by atoms with Crippen molar-refractivity contribution in [2.45, 2.75) is 27.2 Å². The molecule has 0 amide bonds. The van der Waals surface area contributed by atoms with Gasteiger partial charge in [-0.25, -0.2) is 0 Å². The van der Waals surface area contributed by atoms with Gasteiger partial charge in [0.2, 0.25) is 0 Å². The molecule has 0 spiro atoms. The molecule has 15 heavy (non-hydrogen) atoms. The second kappa shape index (κ2) is 5.82. The number of nitriles is 1. The van der Waals surface area contributed by atoms with Gasteiger partial charge in [0.25, 0.3) is 0 Å². The van der Waals surface area contributed by atoms with Crippen LogP contribution in [-0.4, -0.2) is 5.75 Å². The molecule has 1 unspecified atom stereocenters. The maximum Gasteiger partial charge on any atom is 0.133 e. The topological polar surface area (TPSA) is 23.8 Å². The molecular weight excluding hydrogens is 202 g/mol. The lowest BCUT2D eigenvalue weighted by atomic mass is 9.97. The zero-order chi connectivity index (χ0) is 11.3. The first-order valence-corrected chi connectivity index (χ1v) is 6.19. The van der Waals surface area contributed by atoms with Gasteiger partial charge in [-0.3, -0.25) is 0 Å². The Morgan fingerprint density at radius 1 is 1.40 bits per heavy atom. The van der Waals surface area contributed by atoms with Crippen LogP contribution in [0.1, 0.15) is 23.6 Å². The van der Waals surface area contributed by atoms with Gasteiger partial charge in [-0.2, -0.15) is 5.26 Å². The summed E-state index contributed by atoms with van der Waals surface area (Å²) in [4.78, 5) is 0. The molecule has 0 aromatic heterocycles. The Kier molecular flexibility index (Phi) is 4.71. The zero-order valence-electron chi connectivity index (χ0n) is 9.58. The molecule has 1 atom stereocenters. The van der Waals surface area contributed by atoms with Crippen LogP contribution in [0, 0.1) is 30.4 Å². The first kappa shape index (κ1) is 12.1. The highest BCUT2D eigenvalue weighted by molar-refractivity contribution is 8.03. The Hall–Kier alpha value is -0.940. The van der Waals surface area contributed by atoms with Gasteiger partial charge >= 0.3 is 0 Å². The molecule has 2 heteroatoms. The first-order valence-electron chi connectivity index (χ1n) is 5.20. The summed E-state index contributed by atoms with van der Waals surface area (Å²) in [5.74, 6) is 1.49. The number of benzene rings is 1. The van der Waals surface area contributed by atoms with E-state index < -0.39 is 0 Å². The fourth-order valence-electron chi connectivity index (χ4n) is 1.69. The highest BCUT2D eigenvalue weighted by Gasteiger charge is 2.06. The molecule has 0 aliphatic rings. The van der Waals surface area contributed by atoms with Crippen molar-refractivity contribution in [3.8, 4) is 5.40 Å². The smallest absolute Gasteiger partial charge is 0.133 e. The van der Waals surface area contributed by atoms with Crippen molar-refractivity contribution in [1.82, 2.24) is 0 Å². The summed E-state index contributed by atoms with van der Waals surface area (Å²) in [6.45, 7) is 6.47. The fraction of sp³-hybridized carbons (Fsp3) is 0.462. The summed E-state index contributed by atoms with van der Waals surface area (Å²) in [7, 11) is 0. The summed E-state index contributed by atoms with van der Waals surface area (Å²) in [5, 5.41) is 10.6. The van der Waals surface area contributed by atoms with E-state index in [1.165, 1.54) is 28.5 Å². The second-order valence-electron chi connectivity index (χ2n) is 4.14. The normalized spacial score (nSPS) is 12.1. The minimum Gasteiger partial charge on any atom is -0.185 e. The molecule has 1 aromatic carbocycles. The lowest BCUT2D eigenvalue weighted by molar-refractivity contribution is 0.657. The van der Waals surface area contributed by atoms with Gasteiger partial charge in [-0.1, -0.05) is 30.7 Å². The average Bonchev–Trinajstić information content (AvgIpc) is 2.19. The third kappa shape index (κ3) is 3.97. The van der Waals surface area contributed by atoms with E-state index in [1.807, 2.05) is 0 Å². The van der Waals surface area contributed by atoms with Crippen LogP contribution >= 0.6 is 11.8 Å². The van der Waals surface area contributed by atoms with Crippen molar-refractivity contribution in [3.63, 3.8) is 0 Å². The Morgan fingerprint density at radius 3 is 2.73 bits per heavy atom. The van der Waals surface area contributed by atoms with Crippen molar-refractivity contribution in [2.24, 2.45) is 5.92 Å². The van der Waals surface area contributed by atoms with Gasteiger partial charge in [0, 0.05) is 5.75 Å². The van der Waals surface area contributed by atoms with E-state index in [-0.39, 0.29) is 0 Å². The van der Waals surface area contributed by atoms with Crippen molar-refractivity contribution < 1.29 is 0 Å². The average molecular weight is 219 g/mol. The molecule has 0 N–H and O–H groups in total. The van der Waals surface area contributed by atoms with Gasteiger partial charge in [0.15, 0.2) is 0 Å². The van der Waals surface area contributed by atoms with Crippen molar-refractivity contribution in [2.75, 3.05) is 5.75 Å². The monoisotopic (exact) mass is 219 g/mol. The van der Waals surface area contributed by atoms with E-state index in [9.17, 15) is 0 Å². The lowest BCUT2D eigenvalue weighted by Gasteiger charge is -2.11. The molecule has 0 saturated heterocycles. The minimum atomic E-state index is 0.566. The maximum absolute atomic E-state index is 8.49.